The van der Waals surface area contributed by atoms with Crippen LogP contribution in [0.15, 0.2) is 29.4 Å². The third-order valence-corrected chi connectivity index (χ3v) is 6.50. The Morgan fingerprint density at radius 1 is 1.09 bits per heavy atom. The van der Waals surface area contributed by atoms with Gasteiger partial charge in [0.15, 0.2) is 0 Å². The number of amides is 3. The van der Waals surface area contributed by atoms with Gasteiger partial charge in [-0.2, -0.15) is 4.91 Å². The van der Waals surface area contributed by atoms with Gasteiger partial charge in [-0.25, -0.2) is 4.79 Å². The Bertz CT molecular complexity index is 976. The number of anilines is 2. The highest BCUT2D eigenvalue weighted by Gasteiger charge is 2.27. The molecule has 0 saturated heterocycles. The van der Waals surface area contributed by atoms with Crippen LogP contribution in [0.4, 0.5) is 15.5 Å². The molecule has 0 aliphatic heterocycles. The smallest absolute Gasteiger partial charge is 0.331 e. The molecule has 12 heteroatoms. The molecule has 0 atom stereocenters. The van der Waals surface area contributed by atoms with Crippen molar-refractivity contribution in [1.29, 1.82) is 0 Å². The molecule has 0 saturated carbocycles. The summed E-state index contributed by atoms with van der Waals surface area (Å²) in [5.41, 5.74) is 0.407. The Morgan fingerprint density at radius 3 is 2.31 bits per heavy atom. The van der Waals surface area contributed by atoms with Gasteiger partial charge < -0.3 is 10.2 Å². The Balaban J connectivity index is 2.33. The lowest BCUT2D eigenvalue weighted by Crippen LogP contribution is -2.36. The van der Waals surface area contributed by atoms with Crippen LogP contribution in [0.1, 0.15) is 36.0 Å². The molecular weight excluding hydrogens is 495 g/mol. The van der Waals surface area contributed by atoms with Gasteiger partial charge in [0.25, 0.3) is 5.91 Å². The number of nitroso groups, excluding NO2 is 1. The SMILES string of the molecule is CC(C)(C)c1cc(C(=O)N(CCN=O)CC[S+]=O)c(NC(=O)Nc2cc(Cl)cc(Cl)c2)s1. The molecule has 2 aromatic rings. The molecule has 0 aliphatic carbocycles. The van der Waals surface area contributed by atoms with E-state index in [1.807, 2.05) is 20.8 Å². The topological polar surface area (TPSA) is 108 Å². The molecule has 32 heavy (non-hydrogen) atoms. The van der Waals surface area contributed by atoms with E-state index in [0.29, 0.717) is 32.4 Å². The van der Waals surface area contributed by atoms with E-state index in [-0.39, 0.29) is 36.4 Å². The number of urea groups is 1. The number of carbonyl (C=O) groups is 2. The minimum absolute atomic E-state index is 0.0796. The number of rotatable bonds is 9. The van der Waals surface area contributed by atoms with E-state index in [2.05, 4.69) is 15.8 Å². The van der Waals surface area contributed by atoms with Gasteiger partial charge >= 0.3 is 17.7 Å². The van der Waals surface area contributed by atoms with Crippen molar-refractivity contribution in [2.75, 3.05) is 36.0 Å². The molecule has 0 bridgehead atoms. The number of halogens is 2. The van der Waals surface area contributed by atoms with Crippen molar-refractivity contribution in [1.82, 2.24) is 4.90 Å². The fourth-order valence-electron chi connectivity index (χ4n) is 2.70. The highest BCUT2D eigenvalue weighted by atomic mass is 35.5. The first kappa shape index (κ1) is 26.1. The van der Waals surface area contributed by atoms with E-state index in [9.17, 15) is 18.7 Å². The lowest BCUT2D eigenvalue weighted by atomic mass is 9.94. The maximum absolute atomic E-state index is 13.2. The molecule has 172 valence electrons. The molecule has 1 aromatic carbocycles. The van der Waals surface area contributed by atoms with Crippen LogP contribution in [0.2, 0.25) is 10.0 Å². The largest absolute Gasteiger partial charge is 0.460 e. The second-order valence-electron chi connectivity index (χ2n) is 7.81. The Kier molecular flexibility index (Phi) is 9.50. The maximum Gasteiger partial charge on any atom is 0.460 e. The molecule has 0 aliphatic rings. The van der Waals surface area contributed by atoms with Crippen LogP contribution in [-0.2, 0) is 21.3 Å². The van der Waals surface area contributed by atoms with E-state index in [1.165, 1.54) is 16.2 Å². The standard InChI is InChI=1S/C20H22Cl2N4O4S2/c1-20(2,3)16-11-15(18(27)26(5-4-23-29)6-7-31-30)17(32-16)25-19(28)24-14-9-12(21)8-13(22)10-14/h8-11H,4-7H2,1-3H3,(H-,24,25,27,28)/p+1. The monoisotopic (exact) mass is 517 g/mol. The van der Waals surface area contributed by atoms with Gasteiger partial charge in [-0.3, -0.25) is 10.1 Å². The third-order valence-electron chi connectivity index (χ3n) is 4.24. The minimum Gasteiger partial charge on any atom is -0.331 e. The van der Waals surface area contributed by atoms with Crippen molar-refractivity contribution in [2.45, 2.75) is 26.2 Å². The van der Waals surface area contributed by atoms with Gasteiger partial charge in [-0.1, -0.05) is 49.1 Å². The van der Waals surface area contributed by atoms with Gasteiger partial charge in [-0.05, 0) is 29.7 Å². The third kappa shape index (κ3) is 7.47. The van der Waals surface area contributed by atoms with E-state index in [1.54, 1.807) is 24.3 Å². The van der Waals surface area contributed by atoms with Crippen LogP contribution in [0.3, 0.4) is 0 Å². The van der Waals surface area contributed by atoms with Crippen LogP contribution in [0.5, 0.6) is 0 Å². The average molecular weight is 518 g/mol. The summed E-state index contributed by atoms with van der Waals surface area (Å²) in [6.45, 7) is 6.13. The van der Waals surface area contributed by atoms with Gasteiger partial charge in [0.1, 0.15) is 5.00 Å². The Labute approximate surface area is 204 Å². The molecule has 8 nitrogen and oxygen atoms in total. The predicted molar refractivity (Wildman–Crippen MR) is 132 cm³/mol. The molecule has 2 N–H and O–H groups in total. The maximum atomic E-state index is 13.2. The summed E-state index contributed by atoms with van der Waals surface area (Å²) in [5, 5.41) is 9.26. The van der Waals surface area contributed by atoms with E-state index in [0.717, 1.165) is 4.88 Å². The first-order chi connectivity index (χ1) is 15.0. The molecule has 1 heterocycles. The zero-order valence-corrected chi connectivity index (χ0v) is 20.9. The van der Waals surface area contributed by atoms with Crippen molar-refractivity contribution < 1.29 is 13.8 Å². The van der Waals surface area contributed by atoms with Crippen LogP contribution in [-0.4, -0.2) is 42.2 Å². The summed E-state index contributed by atoms with van der Waals surface area (Å²) in [5.74, 6) is -0.227. The fourth-order valence-corrected chi connectivity index (χ4v) is 4.62. The van der Waals surface area contributed by atoms with Crippen LogP contribution < -0.4 is 10.6 Å². The lowest BCUT2D eigenvalue weighted by Gasteiger charge is -2.19. The van der Waals surface area contributed by atoms with Gasteiger partial charge in [0.05, 0.1) is 18.7 Å². The number of nitrogens with one attached hydrogen (secondary N) is 2. The predicted octanol–water partition coefficient (Wildman–Crippen LogP) is 5.63. The number of hydrogen-bond donors (Lipinski definition) is 2. The van der Waals surface area contributed by atoms with Crippen molar-refractivity contribution in [3.63, 3.8) is 0 Å². The van der Waals surface area contributed by atoms with Gasteiger partial charge in [0.2, 0.25) is 5.75 Å². The summed E-state index contributed by atoms with van der Waals surface area (Å²) in [7, 11) is 0. The number of benzene rings is 1. The highest BCUT2D eigenvalue weighted by Crippen LogP contribution is 2.37. The number of hydrogen-bond acceptors (Lipinski definition) is 6. The quantitative estimate of drug-likeness (QED) is 0.331. The molecular formula is C20H23Cl2N4O4S2+. The van der Waals surface area contributed by atoms with Crippen molar-refractivity contribution >= 4 is 68.8 Å². The first-order valence-electron chi connectivity index (χ1n) is 9.56. The molecule has 0 spiro atoms. The molecule has 0 fully saturated rings. The summed E-state index contributed by atoms with van der Waals surface area (Å²) in [6.07, 6.45) is 0. The number of nitrogens with zero attached hydrogens (tertiary/aromatic N) is 2. The normalized spacial score (nSPS) is 11.0. The number of thiophene rings is 1. The zero-order chi connectivity index (χ0) is 23.9. The summed E-state index contributed by atoms with van der Waals surface area (Å²) in [4.78, 5) is 38.7. The second-order valence-corrected chi connectivity index (χ2v) is 10.4. The summed E-state index contributed by atoms with van der Waals surface area (Å²) >= 11 is 13.6. The summed E-state index contributed by atoms with van der Waals surface area (Å²) < 4.78 is 10.8. The minimum atomic E-state index is -0.573. The van der Waals surface area contributed by atoms with Crippen LogP contribution in [0.25, 0.3) is 0 Å². The first-order valence-corrected chi connectivity index (χ1v) is 12.0. The molecule has 2 rings (SSSR count). The zero-order valence-electron chi connectivity index (χ0n) is 17.7. The van der Waals surface area contributed by atoms with E-state index >= 15 is 0 Å². The number of carbonyl (C=O) groups excluding carboxylic acids is 2. The van der Waals surface area contributed by atoms with E-state index in [4.69, 9.17) is 23.2 Å². The van der Waals surface area contributed by atoms with Crippen LogP contribution in [0, 0.1) is 4.91 Å². The van der Waals surface area contributed by atoms with Crippen LogP contribution >= 0.6 is 34.5 Å². The van der Waals surface area contributed by atoms with Gasteiger partial charge in [0, 0.05) is 31.4 Å². The molecule has 0 unspecified atom stereocenters. The van der Waals surface area contributed by atoms with E-state index < -0.39 is 11.9 Å². The Hall–Kier alpha value is -2.14. The summed E-state index contributed by atoms with van der Waals surface area (Å²) in [6, 6.07) is 5.78. The molecule has 0 radical (unpaired) electrons. The van der Waals surface area contributed by atoms with Crippen molar-refractivity contribution in [3.05, 3.63) is 49.7 Å². The molecule has 1 aromatic heterocycles. The highest BCUT2D eigenvalue weighted by molar-refractivity contribution is 7.65. The van der Waals surface area contributed by atoms with Crippen molar-refractivity contribution in [3.8, 4) is 0 Å². The fraction of sp³-hybridized carbons (Fsp3) is 0.400. The molecule has 3 amide bonds. The van der Waals surface area contributed by atoms with Gasteiger partial charge in [-0.15, -0.1) is 11.3 Å². The second kappa shape index (κ2) is 11.6. The lowest BCUT2D eigenvalue weighted by molar-refractivity contribution is 0.0772. The Morgan fingerprint density at radius 2 is 1.75 bits per heavy atom. The average Bonchev–Trinajstić information content (AvgIpc) is 3.10. The van der Waals surface area contributed by atoms with Crippen molar-refractivity contribution in [2.24, 2.45) is 5.18 Å².